The highest BCUT2D eigenvalue weighted by atomic mass is 32.2. The van der Waals surface area contributed by atoms with E-state index in [1.807, 2.05) is 0 Å². The van der Waals surface area contributed by atoms with Gasteiger partial charge in [0.2, 0.25) is 5.16 Å². The summed E-state index contributed by atoms with van der Waals surface area (Å²) >= 11 is 1.19. The van der Waals surface area contributed by atoms with Crippen LogP contribution in [0, 0.1) is 5.82 Å². The Bertz CT molecular complexity index is 1010. The summed E-state index contributed by atoms with van der Waals surface area (Å²) < 4.78 is 12.9. The average molecular weight is 380 g/mol. The second-order valence-electron chi connectivity index (χ2n) is 5.75. The number of H-pyrrole nitrogens is 1. The SMILES string of the molecule is O=C1c2ccccc2C(=O)N1CSc1n[nH]c(/C=C/c2ccc(F)cc2)n1. The molecule has 8 heteroatoms. The van der Waals surface area contributed by atoms with Gasteiger partial charge in [-0.15, -0.1) is 5.10 Å². The third-order valence-corrected chi connectivity index (χ3v) is 4.81. The van der Waals surface area contributed by atoms with Crippen LogP contribution in [-0.4, -0.2) is 37.8 Å². The average Bonchev–Trinajstić information content (AvgIpc) is 3.24. The Kier molecular flexibility index (Phi) is 4.55. The van der Waals surface area contributed by atoms with E-state index in [0.717, 1.165) is 5.56 Å². The minimum atomic E-state index is -0.310. The number of aromatic nitrogens is 3. The fourth-order valence-electron chi connectivity index (χ4n) is 2.62. The first-order chi connectivity index (χ1) is 13.1. The standard InChI is InChI=1S/C19H13FN4O2S/c20-13-8-5-12(6-9-13)7-10-16-21-19(23-22-16)27-11-24-17(25)14-3-1-2-4-15(14)18(24)26/h1-10H,11H2,(H,21,22,23)/b10-7+. The van der Waals surface area contributed by atoms with Crippen molar-refractivity contribution in [2.75, 3.05) is 5.88 Å². The number of imide groups is 1. The van der Waals surface area contributed by atoms with Crippen molar-refractivity contribution < 1.29 is 14.0 Å². The second-order valence-corrected chi connectivity index (χ2v) is 6.66. The summed E-state index contributed by atoms with van der Waals surface area (Å²) in [6, 6.07) is 12.8. The van der Waals surface area contributed by atoms with Gasteiger partial charge < -0.3 is 0 Å². The van der Waals surface area contributed by atoms with Gasteiger partial charge in [-0.1, -0.05) is 42.1 Å². The van der Waals surface area contributed by atoms with Crippen LogP contribution in [0.4, 0.5) is 4.39 Å². The Morgan fingerprint density at radius 3 is 2.33 bits per heavy atom. The summed E-state index contributed by atoms with van der Waals surface area (Å²) in [5.74, 6) is -0.265. The van der Waals surface area contributed by atoms with Gasteiger partial charge in [-0.2, -0.15) is 0 Å². The van der Waals surface area contributed by atoms with Gasteiger partial charge in [0.15, 0.2) is 0 Å². The van der Waals surface area contributed by atoms with E-state index in [1.54, 1.807) is 48.6 Å². The van der Waals surface area contributed by atoms with Crippen molar-refractivity contribution in [2.45, 2.75) is 5.16 Å². The van der Waals surface area contributed by atoms with E-state index in [-0.39, 0.29) is 23.5 Å². The molecule has 0 saturated carbocycles. The third kappa shape index (κ3) is 3.52. The number of amides is 2. The molecule has 6 nitrogen and oxygen atoms in total. The highest BCUT2D eigenvalue weighted by Gasteiger charge is 2.35. The Morgan fingerprint density at radius 1 is 1.00 bits per heavy atom. The van der Waals surface area contributed by atoms with Gasteiger partial charge in [0.05, 0.1) is 17.0 Å². The van der Waals surface area contributed by atoms with E-state index < -0.39 is 0 Å². The molecule has 0 atom stereocenters. The van der Waals surface area contributed by atoms with Crippen molar-refractivity contribution in [3.8, 4) is 0 Å². The van der Waals surface area contributed by atoms with Crippen LogP contribution in [0.25, 0.3) is 12.2 Å². The minimum absolute atomic E-state index is 0.130. The number of hydrogen-bond donors (Lipinski definition) is 1. The first kappa shape index (κ1) is 17.2. The minimum Gasteiger partial charge on any atom is -0.269 e. The maximum Gasteiger partial charge on any atom is 0.262 e. The Hall–Kier alpha value is -3.26. The van der Waals surface area contributed by atoms with Gasteiger partial charge >= 0.3 is 0 Å². The number of thioether (sulfide) groups is 1. The Labute approximate surface area is 158 Å². The molecule has 2 amide bonds. The van der Waals surface area contributed by atoms with Gasteiger partial charge in [-0.25, -0.2) is 9.37 Å². The molecule has 134 valence electrons. The summed E-state index contributed by atoms with van der Waals surface area (Å²) in [5.41, 5.74) is 1.66. The molecule has 1 aliphatic heterocycles. The van der Waals surface area contributed by atoms with E-state index in [0.29, 0.717) is 22.1 Å². The van der Waals surface area contributed by atoms with Crippen molar-refractivity contribution in [3.63, 3.8) is 0 Å². The van der Waals surface area contributed by atoms with Crippen molar-refractivity contribution >= 4 is 35.7 Å². The van der Waals surface area contributed by atoms with Crippen LogP contribution in [0.3, 0.4) is 0 Å². The Morgan fingerprint density at radius 2 is 1.67 bits per heavy atom. The number of carbonyl (C=O) groups excluding carboxylic acids is 2. The highest BCUT2D eigenvalue weighted by Crippen LogP contribution is 2.25. The van der Waals surface area contributed by atoms with Crippen molar-refractivity contribution in [1.82, 2.24) is 20.1 Å². The smallest absolute Gasteiger partial charge is 0.262 e. The molecule has 3 aromatic rings. The van der Waals surface area contributed by atoms with Crippen LogP contribution in [0.2, 0.25) is 0 Å². The van der Waals surface area contributed by atoms with E-state index in [2.05, 4.69) is 15.2 Å². The van der Waals surface area contributed by atoms with Crippen LogP contribution in [0.5, 0.6) is 0 Å². The molecule has 1 N–H and O–H groups in total. The number of benzene rings is 2. The zero-order valence-corrected chi connectivity index (χ0v) is 14.7. The normalized spacial score (nSPS) is 13.6. The number of nitrogens with one attached hydrogen (secondary N) is 1. The predicted molar refractivity (Wildman–Crippen MR) is 99.4 cm³/mol. The molecule has 0 unspecified atom stereocenters. The van der Waals surface area contributed by atoms with Gasteiger partial charge in [-0.3, -0.25) is 19.6 Å². The summed E-state index contributed by atoms with van der Waals surface area (Å²) in [4.78, 5) is 30.1. The van der Waals surface area contributed by atoms with Gasteiger partial charge in [0, 0.05) is 0 Å². The van der Waals surface area contributed by atoms with E-state index in [9.17, 15) is 14.0 Å². The summed E-state index contributed by atoms with van der Waals surface area (Å²) in [6.07, 6.45) is 3.49. The highest BCUT2D eigenvalue weighted by molar-refractivity contribution is 7.99. The van der Waals surface area contributed by atoms with Crippen molar-refractivity contribution in [1.29, 1.82) is 0 Å². The monoisotopic (exact) mass is 380 g/mol. The topological polar surface area (TPSA) is 79.0 Å². The zero-order valence-electron chi connectivity index (χ0n) is 13.9. The third-order valence-electron chi connectivity index (χ3n) is 3.99. The fraction of sp³-hybridized carbons (Fsp3) is 0.0526. The van der Waals surface area contributed by atoms with Crippen LogP contribution < -0.4 is 0 Å². The number of nitrogens with zero attached hydrogens (tertiary/aromatic N) is 3. The molecule has 0 aliphatic carbocycles. The molecule has 27 heavy (non-hydrogen) atoms. The Balaban J connectivity index is 1.40. The maximum atomic E-state index is 12.9. The molecule has 4 rings (SSSR count). The lowest BCUT2D eigenvalue weighted by Crippen LogP contribution is -2.29. The van der Waals surface area contributed by atoms with Crippen LogP contribution in [-0.2, 0) is 0 Å². The van der Waals surface area contributed by atoms with Crippen molar-refractivity contribution in [2.24, 2.45) is 0 Å². The van der Waals surface area contributed by atoms with Gasteiger partial charge in [-0.05, 0) is 35.9 Å². The molecular formula is C19H13FN4O2S. The molecule has 2 heterocycles. The molecule has 0 saturated heterocycles. The molecule has 0 spiro atoms. The van der Waals surface area contributed by atoms with Crippen molar-refractivity contribution in [3.05, 3.63) is 76.9 Å². The number of aromatic amines is 1. The van der Waals surface area contributed by atoms with E-state index >= 15 is 0 Å². The summed E-state index contributed by atoms with van der Waals surface area (Å²) in [6.45, 7) is 0. The van der Waals surface area contributed by atoms with Gasteiger partial charge in [0.25, 0.3) is 11.8 Å². The molecule has 0 radical (unpaired) electrons. The van der Waals surface area contributed by atoms with E-state index in [4.69, 9.17) is 0 Å². The van der Waals surface area contributed by atoms with Gasteiger partial charge in [0.1, 0.15) is 11.6 Å². The number of hydrogen-bond acceptors (Lipinski definition) is 5. The number of rotatable bonds is 5. The predicted octanol–water partition coefficient (Wildman–Crippen LogP) is 3.46. The number of halogens is 1. The number of carbonyl (C=O) groups is 2. The van der Waals surface area contributed by atoms with Crippen LogP contribution >= 0.6 is 11.8 Å². The van der Waals surface area contributed by atoms with Crippen LogP contribution in [0.15, 0.2) is 53.7 Å². The fourth-order valence-corrected chi connectivity index (χ4v) is 3.38. The summed E-state index contributed by atoms with van der Waals surface area (Å²) in [5, 5.41) is 7.26. The zero-order chi connectivity index (χ0) is 18.8. The quantitative estimate of drug-likeness (QED) is 0.542. The lowest BCUT2D eigenvalue weighted by atomic mass is 10.1. The molecule has 1 aliphatic rings. The van der Waals surface area contributed by atoms with Crippen LogP contribution in [0.1, 0.15) is 32.1 Å². The molecule has 0 bridgehead atoms. The second kappa shape index (κ2) is 7.16. The molecule has 2 aromatic carbocycles. The maximum absolute atomic E-state index is 12.9. The lowest BCUT2D eigenvalue weighted by Gasteiger charge is -2.11. The molecule has 1 aromatic heterocycles. The largest absolute Gasteiger partial charge is 0.269 e. The molecular weight excluding hydrogens is 367 g/mol. The lowest BCUT2D eigenvalue weighted by molar-refractivity contribution is 0.0684. The van der Waals surface area contributed by atoms with E-state index in [1.165, 1.54) is 28.8 Å². The first-order valence-electron chi connectivity index (χ1n) is 8.06. The molecule has 0 fully saturated rings. The summed E-state index contributed by atoms with van der Waals surface area (Å²) in [7, 11) is 0. The first-order valence-corrected chi connectivity index (χ1v) is 9.04. The number of fused-ring (bicyclic) bond motifs is 1.